The lowest BCUT2D eigenvalue weighted by atomic mass is 10.0. The van der Waals surface area contributed by atoms with E-state index >= 15 is 0 Å². The highest BCUT2D eigenvalue weighted by Gasteiger charge is 2.37. The van der Waals surface area contributed by atoms with Crippen molar-refractivity contribution >= 4 is 15.7 Å². The van der Waals surface area contributed by atoms with Gasteiger partial charge in [0, 0.05) is 31.8 Å². The minimum atomic E-state index is -4.88. The predicted molar refractivity (Wildman–Crippen MR) is 117 cm³/mol. The van der Waals surface area contributed by atoms with Crippen LogP contribution in [-0.2, 0) is 21.0 Å². The van der Waals surface area contributed by atoms with Gasteiger partial charge in [-0.05, 0) is 54.8 Å². The first-order chi connectivity index (χ1) is 16.8. The zero-order valence-corrected chi connectivity index (χ0v) is 19.5. The number of ether oxygens (including phenoxy) is 1. The number of rotatable bonds is 7. The zero-order chi connectivity index (χ0) is 26.1. The van der Waals surface area contributed by atoms with E-state index in [0.29, 0.717) is 11.3 Å². The fourth-order valence-electron chi connectivity index (χ4n) is 3.88. The maximum atomic E-state index is 13.1. The number of sulfonamides is 1. The second kappa shape index (κ2) is 9.92. The van der Waals surface area contributed by atoms with Gasteiger partial charge in [0.1, 0.15) is 5.75 Å². The third-order valence-electron chi connectivity index (χ3n) is 5.88. The highest BCUT2D eigenvalue weighted by atomic mass is 32.2. The molecule has 6 nitrogen and oxygen atoms in total. The van der Waals surface area contributed by atoms with Crippen molar-refractivity contribution in [2.75, 3.05) is 13.1 Å². The van der Waals surface area contributed by atoms with Gasteiger partial charge in [-0.1, -0.05) is 17.3 Å². The van der Waals surface area contributed by atoms with Crippen molar-refractivity contribution in [3.8, 4) is 5.75 Å². The van der Waals surface area contributed by atoms with Gasteiger partial charge in [0.15, 0.2) is 6.10 Å². The second-order valence-electron chi connectivity index (χ2n) is 8.57. The molecule has 4 rings (SSSR count). The molecular formula is C23H22F6N2O4S. The first-order valence-corrected chi connectivity index (χ1v) is 12.5. The molecule has 1 saturated carbocycles. The average Bonchev–Trinajstić information content (AvgIpc) is 3.64. The molecule has 0 bridgehead atoms. The van der Waals surface area contributed by atoms with Crippen LogP contribution in [-0.4, -0.2) is 37.9 Å². The van der Waals surface area contributed by atoms with Crippen LogP contribution in [0.1, 0.15) is 42.9 Å². The Morgan fingerprint density at radius 2 is 1.58 bits per heavy atom. The molecule has 1 aliphatic carbocycles. The minimum Gasteiger partial charge on any atom is -0.406 e. The van der Waals surface area contributed by atoms with Crippen molar-refractivity contribution in [1.82, 2.24) is 4.31 Å². The molecule has 196 valence electrons. The molecule has 36 heavy (non-hydrogen) atoms. The van der Waals surface area contributed by atoms with Crippen LogP contribution in [0.25, 0.3) is 0 Å². The molecule has 2 aliphatic rings. The van der Waals surface area contributed by atoms with Crippen LogP contribution in [0.15, 0.2) is 58.6 Å². The van der Waals surface area contributed by atoms with Crippen molar-refractivity contribution in [1.29, 1.82) is 0 Å². The molecule has 1 aliphatic heterocycles. The van der Waals surface area contributed by atoms with Gasteiger partial charge in [0.25, 0.3) is 0 Å². The van der Waals surface area contributed by atoms with Crippen LogP contribution in [0.3, 0.4) is 0 Å². The summed E-state index contributed by atoms with van der Waals surface area (Å²) in [4.78, 5) is 5.49. The van der Waals surface area contributed by atoms with Crippen molar-refractivity contribution in [2.45, 2.75) is 49.2 Å². The zero-order valence-electron chi connectivity index (χ0n) is 18.7. The maximum absolute atomic E-state index is 13.1. The Hall–Kier alpha value is -2.80. The molecule has 0 amide bonds. The van der Waals surface area contributed by atoms with E-state index in [1.165, 1.54) is 10.4 Å². The maximum Gasteiger partial charge on any atom is 0.573 e. The highest BCUT2D eigenvalue weighted by Crippen LogP contribution is 2.44. The predicted octanol–water partition coefficient (Wildman–Crippen LogP) is 5.91. The third-order valence-corrected chi connectivity index (χ3v) is 7.80. The molecule has 0 radical (unpaired) electrons. The lowest BCUT2D eigenvalue weighted by Crippen LogP contribution is -2.38. The molecule has 2 aromatic rings. The number of alkyl halides is 6. The second-order valence-corrected chi connectivity index (χ2v) is 10.5. The summed E-state index contributed by atoms with van der Waals surface area (Å²) in [6.45, 7) is 0.145. The van der Waals surface area contributed by atoms with Gasteiger partial charge >= 0.3 is 12.5 Å². The summed E-state index contributed by atoms with van der Waals surface area (Å²) >= 11 is 0. The summed E-state index contributed by atoms with van der Waals surface area (Å²) in [6, 6.07) is 8.88. The Balaban J connectivity index is 1.39. The lowest BCUT2D eigenvalue weighted by molar-refractivity contribution is -0.274. The topological polar surface area (TPSA) is 68.2 Å². The fraction of sp³-hybridized carbons (Fsp3) is 0.435. The van der Waals surface area contributed by atoms with Gasteiger partial charge in [0.05, 0.1) is 16.2 Å². The number of halogens is 6. The molecule has 1 atom stereocenters. The van der Waals surface area contributed by atoms with E-state index in [9.17, 15) is 34.8 Å². The molecule has 0 aromatic heterocycles. The molecule has 2 fully saturated rings. The van der Waals surface area contributed by atoms with Crippen LogP contribution in [0.5, 0.6) is 5.75 Å². The van der Waals surface area contributed by atoms with Gasteiger partial charge in [-0.15, -0.1) is 13.2 Å². The van der Waals surface area contributed by atoms with E-state index in [1.54, 1.807) is 6.07 Å². The number of hydrogen-bond acceptors (Lipinski definition) is 5. The van der Waals surface area contributed by atoms with Gasteiger partial charge in [-0.3, -0.25) is 0 Å². The van der Waals surface area contributed by atoms with Crippen molar-refractivity contribution in [3.05, 3.63) is 59.7 Å². The summed E-state index contributed by atoms with van der Waals surface area (Å²) in [5.41, 5.74) is 0.195. The lowest BCUT2D eigenvalue weighted by Gasteiger charge is -2.27. The first-order valence-electron chi connectivity index (χ1n) is 11.1. The van der Waals surface area contributed by atoms with E-state index in [4.69, 9.17) is 4.84 Å². The first kappa shape index (κ1) is 26.3. The summed E-state index contributed by atoms with van der Waals surface area (Å²) in [6.07, 6.45) is -7.87. The van der Waals surface area contributed by atoms with Crippen molar-refractivity contribution in [2.24, 2.45) is 11.1 Å². The monoisotopic (exact) mass is 536 g/mol. The Kier molecular flexibility index (Phi) is 7.24. The molecule has 2 aromatic carbocycles. The van der Waals surface area contributed by atoms with Gasteiger partial charge in [-0.2, -0.15) is 17.5 Å². The van der Waals surface area contributed by atoms with Crippen LogP contribution in [0.4, 0.5) is 26.3 Å². The number of piperidine rings is 1. The van der Waals surface area contributed by atoms with Crippen LogP contribution in [0, 0.1) is 5.92 Å². The summed E-state index contributed by atoms with van der Waals surface area (Å²) in [7, 11) is -3.95. The smallest absolute Gasteiger partial charge is 0.406 e. The van der Waals surface area contributed by atoms with Crippen molar-refractivity contribution in [3.63, 3.8) is 0 Å². The number of oxime groups is 1. The fourth-order valence-corrected chi connectivity index (χ4v) is 5.32. The Labute approximate surface area is 203 Å². The molecule has 13 heteroatoms. The Morgan fingerprint density at radius 1 is 0.944 bits per heavy atom. The van der Waals surface area contributed by atoms with E-state index in [0.717, 1.165) is 49.2 Å². The quantitative estimate of drug-likeness (QED) is 0.326. The standard InChI is InChI=1S/C23H22F6N2O4S/c24-22(25,26)17-3-1-2-16(14-17)21(15-4-5-15)35-30-18-10-12-31(13-11-18)36(32,33)20-8-6-19(7-9-20)34-23(27,28)29/h1-3,6-9,14-15,21H,4-5,10-13H2. The summed E-state index contributed by atoms with van der Waals surface area (Å²) in [5, 5.41) is 4.14. The van der Waals surface area contributed by atoms with Crippen LogP contribution >= 0.6 is 0 Å². The molecule has 0 N–H and O–H groups in total. The van der Waals surface area contributed by atoms with Gasteiger partial charge < -0.3 is 9.57 Å². The Morgan fingerprint density at radius 3 is 2.14 bits per heavy atom. The summed E-state index contributed by atoms with van der Waals surface area (Å²) < 4.78 is 107. The minimum absolute atomic E-state index is 0.0580. The van der Waals surface area contributed by atoms with Gasteiger partial charge in [-0.25, -0.2) is 8.42 Å². The normalized spacial score (nSPS) is 18.6. The Bertz CT molecular complexity index is 1200. The summed E-state index contributed by atoms with van der Waals surface area (Å²) in [5.74, 6) is -0.472. The SMILES string of the molecule is O=S(=O)(c1ccc(OC(F)(F)F)cc1)N1CCC(=NOC(c2cccc(C(F)(F)F)c2)C2CC2)CC1. The molecular weight excluding hydrogens is 514 g/mol. The number of benzene rings is 2. The molecule has 1 heterocycles. The van der Waals surface area contributed by atoms with E-state index in [-0.39, 0.29) is 36.7 Å². The van der Waals surface area contributed by atoms with Gasteiger partial charge in [0.2, 0.25) is 10.0 Å². The van der Waals surface area contributed by atoms with E-state index < -0.39 is 40.0 Å². The highest BCUT2D eigenvalue weighted by molar-refractivity contribution is 7.89. The van der Waals surface area contributed by atoms with Crippen LogP contribution in [0.2, 0.25) is 0 Å². The van der Waals surface area contributed by atoms with E-state index in [1.807, 2.05) is 0 Å². The largest absolute Gasteiger partial charge is 0.573 e. The number of nitrogens with zero attached hydrogens (tertiary/aromatic N) is 2. The third kappa shape index (κ3) is 6.49. The van der Waals surface area contributed by atoms with Crippen molar-refractivity contribution < 1.29 is 44.3 Å². The van der Waals surface area contributed by atoms with Crippen LogP contribution < -0.4 is 4.74 Å². The number of hydrogen-bond donors (Lipinski definition) is 0. The molecule has 1 saturated heterocycles. The molecule has 1 unspecified atom stereocenters. The molecule has 0 spiro atoms. The average molecular weight is 536 g/mol. The van der Waals surface area contributed by atoms with E-state index in [2.05, 4.69) is 9.89 Å².